The normalized spacial score (nSPS) is 17.8. The lowest BCUT2D eigenvalue weighted by molar-refractivity contribution is -0.122. The minimum absolute atomic E-state index is 0.102. The van der Waals surface area contributed by atoms with E-state index in [4.69, 9.17) is 12.2 Å². The zero-order valence-corrected chi connectivity index (χ0v) is 22.3. The van der Waals surface area contributed by atoms with Gasteiger partial charge in [0.2, 0.25) is 0 Å². The van der Waals surface area contributed by atoms with Crippen molar-refractivity contribution >= 4 is 46.1 Å². The smallest absolute Gasteiger partial charge is 0.270 e. The van der Waals surface area contributed by atoms with Crippen LogP contribution < -0.4 is 10.5 Å². The van der Waals surface area contributed by atoms with Gasteiger partial charge in [-0.05, 0) is 61.4 Å². The van der Waals surface area contributed by atoms with Gasteiger partial charge in [-0.1, -0.05) is 50.0 Å². The molecule has 2 aliphatic heterocycles. The molecule has 0 atom stereocenters. The Morgan fingerprint density at radius 3 is 2.50 bits per heavy atom. The van der Waals surface area contributed by atoms with Gasteiger partial charge in [0.05, 0.1) is 11.4 Å². The monoisotopic (exact) mass is 524 g/mol. The first-order valence-corrected chi connectivity index (χ1v) is 13.4. The van der Waals surface area contributed by atoms with Crippen LogP contribution in [0.1, 0.15) is 55.4 Å². The van der Waals surface area contributed by atoms with E-state index in [1.807, 2.05) is 6.92 Å². The number of thiocarbonyl (C=S) groups is 1. The van der Waals surface area contributed by atoms with E-state index in [-0.39, 0.29) is 29.4 Å². The Morgan fingerprint density at radius 1 is 1.22 bits per heavy atom. The summed E-state index contributed by atoms with van der Waals surface area (Å²) >= 11 is 6.72. The molecule has 0 aliphatic carbocycles. The van der Waals surface area contributed by atoms with E-state index in [9.17, 15) is 19.2 Å². The van der Waals surface area contributed by atoms with Crippen LogP contribution in [0.25, 0.3) is 6.08 Å². The molecule has 2 aromatic rings. The Balaban J connectivity index is 1.80. The van der Waals surface area contributed by atoms with Gasteiger partial charge in [-0.25, -0.2) is 4.39 Å². The summed E-state index contributed by atoms with van der Waals surface area (Å²) in [6.07, 6.45) is 4.56. The quantitative estimate of drug-likeness (QED) is 0.382. The highest BCUT2D eigenvalue weighted by Crippen LogP contribution is 2.37. The summed E-state index contributed by atoms with van der Waals surface area (Å²) in [7, 11) is 0. The van der Waals surface area contributed by atoms with Crippen LogP contribution >= 0.6 is 24.0 Å². The van der Waals surface area contributed by atoms with Gasteiger partial charge in [-0.2, -0.15) is 5.26 Å². The molecule has 3 heterocycles. The highest BCUT2D eigenvalue weighted by atomic mass is 32.2. The van der Waals surface area contributed by atoms with Crippen molar-refractivity contribution in [2.75, 3.05) is 18.0 Å². The van der Waals surface area contributed by atoms with Crippen LogP contribution in [-0.2, 0) is 17.9 Å². The fourth-order valence-corrected chi connectivity index (χ4v) is 5.91. The molecule has 0 N–H and O–H groups in total. The molecule has 1 aromatic carbocycles. The maximum atomic E-state index is 13.4. The predicted molar refractivity (Wildman–Crippen MR) is 146 cm³/mol. The summed E-state index contributed by atoms with van der Waals surface area (Å²) < 4.78 is 15.4. The van der Waals surface area contributed by atoms with Gasteiger partial charge in [0.1, 0.15) is 27.6 Å². The van der Waals surface area contributed by atoms with Gasteiger partial charge in [-0.3, -0.25) is 19.1 Å². The molecule has 36 heavy (non-hydrogen) atoms. The molecular weight excluding hydrogens is 495 g/mol. The van der Waals surface area contributed by atoms with Gasteiger partial charge < -0.3 is 4.90 Å². The van der Waals surface area contributed by atoms with Crippen molar-refractivity contribution < 1.29 is 9.18 Å². The molecule has 188 valence electrons. The van der Waals surface area contributed by atoms with Gasteiger partial charge in [0.15, 0.2) is 0 Å². The molecule has 6 nitrogen and oxygen atoms in total. The first-order valence-electron chi connectivity index (χ1n) is 12.2. The number of rotatable bonds is 6. The van der Waals surface area contributed by atoms with E-state index in [2.05, 4.69) is 17.9 Å². The average Bonchev–Trinajstić information content (AvgIpc) is 3.12. The number of thioether (sulfide) groups is 1. The molecule has 9 heteroatoms. The lowest BCUT2D eigenvalue weighted by Gasteiger charge is -2.35. The number of carbonyl (C=O) groups excluding carboxylic acids is 1. The SMILES string of the molecule is CCCn1c(N2CCC(C)CC2)c(/C=C2\SC(=S)N(Cc3ccc(F)cc3)C2=O)c(C)c(C#N)c1=O. The standard InChI is InChI=1S/C27H29FN4O2S2/c1-4-11-31-24(30-12-9-17(2)10-13-30)21(18(3)22(15-29)25(31)33)14-23-26(34)32(27(35)36-23)16-19-5-7-20(28)8-6-19/h5-8,14,17H,4,9-13,16H2,1-3H3/b23-14-. The molecule has 4 rings (SSSR count). The molecule has 0 saturated carbocycles. The fourth-order valence-electron chi connectivity index (χ4n) is 4.68. The van der Waals surface area contributed by atoms with Crippen molar-refractivity contribution in [1.29, 1.82) is 5.26 Å². The summed E-state index contributed by atoms with van der Waals surface area (Å²) in [6, 6.07) is 8.08. The number of carbonyl (C=O) groups is 1. The highest BCUT2D eigenvalue weighted by Gasteiger charge is 2.33. The minimum atomic E-state index is -0.338. The van der Waals surface area contributed by atoms with E-state index < -0.39 is 0 Å². The third kappa shape index (κ3) is 5.11. The van der Waals surface area contributed by atoms with Crippen LogP contribution in [0.15, 0.2) is 34.0 Å². The minimum Gasteiger partial charge on any atom is -0.357 e. The number of nitrogens with zero attached hydrogens (tertiary/aromatic N) is 4. The second kappa shape index (κ2) is 11.0. The zero-order valence-electron chi connectivity index (χ0n) is 20.7. The number of halogens is 1. The highest BCUT2D eigenvalue weighted by molar-refractivity contribution is 8.26. The summed E-state index contributed by atoms with van der Waals surface area (Å²) in [5.74, 6) is 0.806. The van der Waals surface area contributed by atoms with Crippen LogP contribution in [0.2, 0.25) is 0 Å². The zero-order chi connectivity index (χ0) is 26.0. The van der Waals surface area contributed by atoms with Crippen LogP contribution in [0.5, 0.6) is 0 Å². The summed E-state index contributed by atoms with van der Waals surface area (Å²) in [6.45, 7) is 8.36. The molecular formula is C27H29FN4O2S2. The Labute approximate surface area is 220 Å². The third-order valence-electron chi connectivity index (χ3n) is 6.78. The number of piperidine rings is 1. The van der Waals surface area contributed by atoms with Crippen molar-refractivity contribution in [3.8, 4) is 6.07 Å². The van der Waals surface area contributed by atoms with Crippen LogP contribution in [-0.4, -0.2) is 32.8 Å². The number of benzene rings is 1. The van der Waals surface area contributed by atoms with Crippen LogP contribution in [0.4, 0.5) is 10.2 Å². The lowest BCUT2D eigenvalue weighted by atomic mass is 9.97. The van der Waals surface area contributed by atoms with Crippen molar-refractivity contribution in [1.82, 2.24) is 9.47 Å². The summed E-state index contributed by atoms with van der Waals surface area (Å²) in [5.41, 5.74) is 1.89. The Kier molecular flexibility index (Phi) is 7.96. The maximum Gasteiger partial charge on any atom is 0.270 e. The molecule has 2 aliphatic rings. The average molecular weight is 525 g/mol. The van der Waals surface area contributed by atoms with Gasteiger partial charge in [0, 0.05) is 25.2 Å². The predicted octanol–water partition coefficient (Wildman–Crippen LogP) is 5.22. The second-order valence-corrected chi connectivity index (χ2v) is 11.0. The molecule has 0 bridgehead atoms. The maximum absolute atomic E-state index is 13.4. The Hall–Kier alpha value is -2.96. The van der Waals surface area contributed by atoms with Gasteiger partial charge >= 0.3 is 0 Å². The first-order chi connectivity index (χ1) is 17.2. The van der Waals surface area contributed by atoms with Crippen LogP contribution in [0, 0.1) is 30.0 Å². The summed E-state index contributed by atoms with van der Waals surface area (Å²) in [5, 5.41) is 9.81. The van der Waals surface area contributed by atoms with E-state index >= 15 is 0 Å². The number of nitriles is 1. The van der Waals surface area contributed by atoms with Gasteiger partial charge in [-0.15, -0.1) is 0 Å². The molecule has 0 radical (unpaired) electrons. The fraction of sp³-hybridized carbons (Fsp3) is 0.407. The van der Waals surface area contributed by atoms with E-state index in [1.54, 1.807) is 29.7 Å². The number of anilines is 1. The molecule has 1 aromatic heterocycles. The number of pyridine rings is 1. The van der Waals surface area contributed by atoms with Crippen molar-refractivity contribution in [2.45, 2.75) is 53.1 Å². The van der Waals surface area contributed by atoms with E-state index in [1.165, 1.54) is 28.8 Å². The number of aromatic nitrogens is 1. The summed E-state index contributed by atoms with van der Waals surface area (Å²) in [4.78, 5) is 30.9. The molecule has 2 saturated heterocycles. The Morgan fingerprint density at radius 2 is 1.89 bits per heavy atom. The van der Waals surface area contributed by atoms with Gasteiger partial charge in [0.25, 0.3) is 11.5 Å². The van der Waals surface area contributed by atoms with Crippen molar-refractivity contribution in [2.24, 2.45) is 5.92 Å². The largest absolute Gasteiger partial charge is 0.357 e. The first kappa shape index (κ1) is 26.1. The molecule has 0 unspecified atom stereocenters. The van der Waals surface area contributed by atoms with E-state index in [0.29, 0.717) is 27.3 Å². The van der Waals surface area contributed by atoms with Crippen molar-refractivity contribution in [3.05, 3.63) is 67.6 Å². The van der Waals surface area contributed by atoms with Crippen LogP contribution in [0.3, 0.4) is 0 Å². The Bertz CT molecular complexity index is 1320. The topological polar surface area (TPSA) is 69.3 Å². The lowest BCUT2D eigenvalue weighted by Crippen LogP contribution is -2.39. The number of hydrogen-bond donors (Lipinski definition) is 0. The van der Waals surface area contributed by atoms with Crippen molar-refractivity contribution in [3.63, 3.8) is 0 Å². The number of amides is 1. The third-order valence-corrected chi connectivity index (χ3v) is 8.16. The molecule has 2 fully saturated rings. The molecule has 0 spiro atoms. The second-order valence-electron chi connectivity index (χ2n) is 9.37. The molecule has 1 amide bonds. The number of hydrogen-bond acceptors (Lipinski definition) is 6. The van der Waals surface area contributed by atoms with E-state index in [0.717, 1.165) is 49.3 Å².